The van der Waals surface area contributed by atoms with Crippen LogP contribution in [0.25, 0.3) is 11.0 Å². The first-order valence-electron chi connectivity index (χ1n) is 8.41. The van der Waals surface area contributed by atoms with Crippen molar-refractivity contribution in [3.63, 3.8) is 0 Å². The Morgan fingerprint density at radius 3 is 2.64 bits per heavy atom. The highest BCUT2D eigenvalue weighted by atomic mass is 32.2. The van der Waals surface area contributed by atoms with E-state index < -0.39 is 10.0 Å². The fraction of sp³-hybridized carbons (Fsp3) is 0.278. The predicted molar refractivity (Wildman–Crippen MR) is 96.3 cm³/mol. The number of rotatable bonds is 3. The van der Waals surface area contributed by atoms with Crippen LogP contribution in [-0.2, 0) is 10.0 Å². The maximum Gasteiger partial charge on any atom is 0.269 e. The monoisotopic (exact) mass is 354 g/mol. The molecule has 0 unspecified atom stereocenters. The van der Waals surface area contributed by atoms with Gasteiger partial charge in [0.15, 0.2) is 0 Å². The number of nitrogens with zero attached hydrogens (tertiary/aromatic N) is 3. The van der Waals surface area contributed by atoms with Gasteiger partial charge in [-0.2, -0.15) is 0 Å². The van der Waals surface area contributed by atoms with Crippen LogP contribution in [0.1, 0.15) is 6.42 Å². The highest BCUT2D eigenvalue weighted by Crippen LogP contribution is 2.34. The van der Waals surface area contributed by atoms with Gasteiger partial charge >= 0.3 is 0 Å². The topological polar surface area (TPSA) is 67.2 Å². The SMILES string of the molecule is O=S(=O)(c1ccccc1)n1cnc2c(N3C[C@@H]4C[C@H]3CN4)cccc21. The van der Waals surface area contributed by atoms with Crippen molar-refractivity contribution in [2.75, 3.05) is 18.0 Å². The van der Waals surface area contributed by atoms with Crippen molar-refractivity contribution in [3.05, 3.63) is 54.9 Å². The van der Waals surface area contributed by atoms with Crippen molar-refractivity contribution >= 4 is 26.7 Å². The highest BCUT2D eigenvalue weighted by Gasteiger charge is 2.38. The molecule has 3 aromatic rings. The molecule has 0 radical (unpaired) electrons. The molecule has 6 nitrogen and oxygen atoms in total. The van der Waals surface area contributed by atoms with Crippen LogP contribution in [0, 0.1) is 0 Å². The molecular formula is C18H18N4O2S. The van der Waals surface area contributed by atoms with Crippen LogP contribution in [0.15, 0.2) is 59.8 Å². The summed E-state index contributed by atoms with van der Waals surface area (Å²) < 4.78 is 27.2. The zero-order valence-corrected chi connectivity index (χ0v) is 14.4. The molecule has 1 aromatic heterocycles. The third kappa shape index (κ3) is 2.19. The van der Waals surface area contributed by atoms with Crippen molar-refractivity contribution in [1.82, 2.24) is 14.3 Å². The molecule has 0 amide bonds. The lowest BCUT2D eigenvalue weighted by molar-refractivity contribution is 0.581. The number of hydrogen-bond acceptors (Lipinski definition) is 5. The van der Waals surface area contributed by atoms with Crippen molar-refractivity contribution in [3.8, 4) is 0 Å². The lowest BCUT2D eigenvalue weighted by atomic mass is 10.2. The van der Waals surface area contributed by atoms with Crippen LogP contribution < -0.4 is 10.2 Å². The average molecular weight is 354 g/mol. The van der Waals surface area contributed by atoms with Crippen LogP contribution in [0.5, 0.6) is 0 Å². The maximum atomic E-state index is 13.0. The van der Waals surface area contributed by atoms with Gasteiger partial charge in [-0.15, -0.1) is 0 Å². The predicted octanol–water partition coefficient (Wildman–Crippen LogP) is 1.82. The van der Waals surface area contributed by atoms with Crippen LogP contribution in [-0.4, -0.2) is 42.5 Å². The first kappa shape index (κ1) is 14.9. The smallest absolute Gasteiger partial charge is 0.269 e. The number of aromatic nitrogens is 2. The Morgan fingerprint density at radius 1 is 1.08 bits per heavy atom. The van der Waals surface area contributed by atoms with Crippen LogP contribution in [0.2, 0.25) is 0 Å². The molecule has 0 aliphatic carbocycles. The summed E-state index contributed by atoms with van der Waals surface area (Å²) in [6.45, 7) is 1.92. The van der Waals surface area contributed by atoms with E-state index in [1.165, 1.54) is 10.3 Å². The standard InChI is InChI=1S/C18H18N4O2S/c23-25(24,15-5-2-1-3-6-15)22-12-20-18-16(7-4-8-17(18)22)21-11-13-9-14(21)10-19-13/h1-8,12-14,19H,9-11H2/t13-,14-/m0/s1. The van der Waals surface area contributed by atoms with Gasteiger partial charge in [-0.25, -0.2) is 17.4 Å². The van der Waals surface area contributed by atoms with Gasteiger partial charge in [0.05, 0.1) is 16.1 Å². The van der Waals surface area contributed by atoms with Gasteiger partial charge in [-0.3, -0.25) is 0 Å². The number of hydrogen-bond donors (Lipinski definition) is 1. The van der Waals surface area contributed by atoms with E-state index in [1.54, 1.807) is 30.3 Å². The quantitative estimate of drug-likeness (QED) is 0.777. The molecule has 1 N–H and O–H groups in total. The van der Waals surface area contributed by atoms with Gasteiger partial charge in [0, 0.05) is 25.2 Å². The Morgan fingerprint density at radius 2 is 1.92 bits per heavy atom. The Hall–Kier alpha value is -2.38. The number of benzene rings is 2. The molecule has 2 aromatic carbocycles. The summed E-state index contributed by atoms with van der Waals surface area (Å²) in [5.74, 6) is 0. The van der Waals surface area contributed by atoms with Gasteiger partial charge in [0.2, 0.25) is 0 Å². The summed E-state index contributed by atoms with van der Waals surface area (Å²) in [5.41, 5.74) is 2.39. The summed E-state index contributed by atoms with van der Waals surface area (Å²) in [6, 6.07) is 15.2. The van der Waals surface area contributed by atoms with Gasteiger partial charge < -0.3 is 10.2 Å². The molecule has 3 heterocycles. The highest BCUT2D eigenvalue weighted by molar-refractivity contribution is 7.90. The molecule has 2 fully saturated rings. The van der Waals surface area contributed by atoms with Crippen LogP contribution in [0.3, 0.4) is 0 Å². The summed E-state index contributed by atoms with van der Waals surface area (Å²) in [6.07, 6.45) is 2.56. The fourth-order valence-corrected chi connectivity index (χ4v) is 5.29. The molecule has 0 saturated carbocycles. The first-order chi connectivity index (χ1) is 12.1. The average Bonchev–Trinajstić information content (AvgIpc) is 3.37. The van der Waals surface area contributed by atoms with E-state index >= 15 is 0 Å². The number of anilines is 1. The molecule has 25 heavy (non-hydrogen) atoms. The minimum absolute atomic E-state index is 0.268. The van der Waals surface area contributed by atoms with Crippen molar-refractivity contribution in [2.45, 2.75) is 23.4 Å². The van der Waals surface area contributed by atoms with E-state index in [2.05, 4.69) is 15.2 Å². The number of piperazine rings is 1. The normalized spacial score (nSPS) is 22.8. The van der Waals surface area contributed by atoms with E-state index in [-0.39, 0.29) is 4.90 Å². The van der Waals surface area contributed by atoms with Crippen molar-refractivity contribution in [2.24, 2.45) is 0 Å². The van der Waals surface area contributed by atoms with Gasteiger partial charge in [-0.1, -0.05) is 24.3 Å². The summed E-state index contributed by atoms with van der Waals surface area (Å²) in [4.78, 5) is 7.09. The second-order valence-corrected chi connectivity index (χ2v) is 8.47. The van der Waals surface area contributed by atoms with Gasteiger partial charge in [0.25, 0.3) is 10.0 Å². The molecule has 7 heteroatoms. The number of fused-ring (bicyclic) bond motifs is 3. The zero-order chi connectivity index (χ0) is 17.0. The lowest BCUT2D eigenvalue weighted by Crippen LogP contribution is -2.43. The largest absolute Gasteiger partial charge is 0.364 e. The molecule has 2 saturated heterocycles. The number of para-hydroxylation sites is 1. The number of imidazole rings is 1. The van der Waals surface area contributed by atoms with E-state index in [9.17, 15) is 8.42 Å². The third-order valence-electron chi connectivity index (χ3n) is 5.19. The minimum Gasteiger partial charge on any atom is -0.364 e. The molecule has 2 atom stereocenters. The summed E-state index contributed by atoms with van der Waals surface area (Å²) in [5, 5.41) is 3.49. The Labute approximate surface area is 146 Å². The molecule has 2 aliphatic rings. The molecule has 0 spiro atoms. The fourth-order valence-electron chi connectivity index (χ4n) is 3.99. The van der Waals surface area contributed by atoms with Crippen molar-refractivity contribution < 1.29 is 8.42 Å². The van der Waals surface area contributed by atoms with Crippen LogP contribution >= 0.6 is 0 Å². The molecule has 2 bridgehead atoms. The van der Waals surface area contributed by atoms with E-state index in [0.29, 0.717) is 17.6 Å². The van der Waals surface area contributed by atoms with E-state index in [1.807, 2.05) is 18.2 Å². The molecule has 2 aliphatic heterocycles. The van der Waals surface area contributed by atoms with Gasteiger partial charge in [-0.05, 0) is 30.7 Å². The molecule has 128 valence electrons. The Balaban J connectivity index is 1.64. The molecular weight excluding hydrogens is 336 g/mol. The van der Waals surface area contributed by atoms with Crippen molar-refractivity contribution in [1.29, 1.82) is 0 Å². The summed E-state index contributed by atoms with van der Waals surface area (Å²) >= 11 is 0. The molecule has 5 rings (SSSR count). The minimum atomic E-state index is -3.65. The second-order valence-electron chi connectivity index (χ2n) is 6.65. The van der Waals surface area contributed by atoms with E-state index in [4.69, 9.17) is 0 Å². The second kappa shape index (κ2) is 5.31. The van der Waals surface area contributed by atoms with E-state index in [0.717, 1.165) is 30.7 Å². The Bertz CT molecular complexity index is 1050. The van der Waals surface area contributed by atoms with Gasteiger partial charge in [0.1, 0.15) is 11.8 Å². The van der Waals surface area contributed by atoms with Crippen LogP contribution in [0.4, 0.5) is 5.69 Å². The first-order valence-corrected chi connectivity index (χ1v) is 9.85. The number of nitrogens with one attached hydrogen (secondary N) is 1. The Kier molecular flexibility index (Phi) is 3.17. The summed E-state index contributed by atoms with van der Waals surface area (Å²) in [7, 11) is -3.65. The zero-order valence-electron chi connectivity index (χ0n) is 13.5. The third-order valence-corrected chi connectivity index (χ3v) is 6.87. The lowest BCUT2D eigenvalue weighted by Gasteiger charge is -2.29. The maximum absolute atomic E-state index is 13.0.